The van der Waals surface area contributed by atoms with E-state index in [1.807, 2.05) is 0 Å². The molecular formula is C20H17BrF3NO4. The highest BCUT2D eigenvalue weighted by Gasteiger charge is 2.34. The Morgan fingerprint density at radius 1 is 1.24 bits per heavy atom. The Morgan fingerprint density at radius 3 is 2.59 bits per heavy atom. The predicted molar refractivity (Wildman–Crippen MR) is 104 cm³/mol. The van der Waals surface area contributed by atoms with Crippen LogP contribution in [0.3, 0.4) is 0 Å². The molecule has 0 bridgehead atoms. The molecule has 1 heterocycles. The maximum atomic E-state index is 13.2. The van der Waals surface area contributed by atoms with E-state index in [1.54, 1.807) is 24.6 Å². The van der Waals surface area contributed by atoms with Crippen molar-refractivity contribution in [3.05, 3.63) is 57.7 Å². The summed E-state index contributed by atoms with van der Waals surface area (Å²) in [6, 6.07) is 7.87. The number of esters is 1. The summed E-state index contributed by atoms with van der Waals surface area (Å²) >= 11 is 3.22. The van der Waals surface area contributed by atoms with Crippen molar-refractivity contribution in [2.45, 2.75) is 19.7 Å². The number of hydrogen-bond donors (Lipinski definition) is 1. The van der Waals surface area contributed by atoms with Crippen molar-refractivity contribution in [2.75, 3.05) is 6.61 Å². The molecule has 3 rings (SSSR count). The molecule has 0 atom stereocenters. The summed E-state index contributed by atoms with van der Waals surface area (Å²) in [6.45, 7) is 1.46. The first-order valence-corrected chi connectivity index (χ1v) is 9.40. The molecule has 0 unspecified atom stereocenters. The zero-order valence-electron chi connectivity index (χ0n) is 15.5. The number of halogens is 4. The Hall–Kier alpha value is -2.68. The van der Waals surface area contributed by atoms with Crippen molar-refractivity contribution in [2.24, 2.45) is 7.05 Å². The number of carbonyl (C=O) groups excluding carboxylic acids is 1. The lowest BCUT2D eigenvalue weighted by Gasteiger charge is -2.15. The number of alkyl halides is 3. The van der Waals surface area contributed by atoms with Crippen LogP contribution in [0.15, 0.2) is 40.9 Å². The van der Waals surface area contributed by atoms with Gasteiger partial charge in [-0.25, -0.2) is 4.79 Å². The van der Waals surface area contributed by atoms with Gasteiger partial charge in [0.05, 0.1) is 33.4 Å². The number of aromatic nitrogens is 1. The molecule has 1 aromatic heterocycles. The lowest BCUT2D eigenvalue weighted by Crippen LogP contribution is -2.13. The topological polar surface area (TPSA) is 60.7 Å². The zero-order valence-corrected chi connectivity index (χ0v) is 17.1. The van der Waals surface area contributed by atoms with Crippen LogP contribution < -0.4 is 4.74 Å². The Labute approximate surface area is 172 Å². The molecule has 0 amide bonds. The first-order valence-electron chi connectivity index (χ1n) is 8.61. The number of phenols is 1. The van der Waals surface area contributed by atoms with Gasteiger partial charge in [0.2, 0.25) is 0 Å². The fraction of sp³-hybridized carbons (Fsp3) is 0.250. The quantitative estimate of drug-likeness (QED) is 0.504. The summed E-state index contributed by atoms with van der Waals surface area (Å²) < 4.78 is 52.3. The monoisotopic (exact) mass is 471 g/mol. The first kappa shape index (κ1) is 21.0. The van der Waals surface area contributed by atoms with Crippen molar-refractivity contribution < 1.29 is 32.5 Å². The van der Waals surface area contributed by atoms with Gasteiger partial charge in [0.1, 0.15) is 18.1 Å². The predicted octanol–water partition coefficient (Wildman–Crippen LogP) is 5.42. The Morgan fingerprint density at radius 2 is 1.93 bits per heavy atom. The van der Waals surface area contributed by atoms with E-state index >= 15 is 0 Å². The van der Waals surface area contributed by atoms with Crippen LogP contribution in [0.1, 0.15) is 28.5 Å². The number of ether oxygens (including phenoxy) is 2. The molecule has 0 aliphatic heterocycles. The van der Waals surface area contributed by atoms with Gasteiger partial charge in [-0.2, -0.15) is 13.2 Å². The molecule has 2 aromatic carbocycles. The maximum Gasteiger partial charge on any atom is 0.419 e. The normalized spacial score (nSPS) is 11.7. The SMILES string of the molecule is CCOC(=O)c1c(COc2ccccc2C(F)(F)F)n(C)c2cc(Br)c(O)cc12. The molecule has 0 aliphatic rings. The summed E-state index contributed by atoms with van der Waals surface area (Å²) in [5.74, 6) is -1.07. The van der Waals surface area contributed by atoms with Crippen LogP contribution in [0.5, 0.6) is 11.5 Å². The van der Waals surface area contributed by atoms with Gasteiger partial charge in [0.25, 0.3) is 0 Å². The molecule has 0 radical (unpaired) electrons. The lowest BCUT2D eigenvalue weighted by atomic mass is 10.1. The number of nitrogens with zero attached hydrogens (tertiary/aromatic N) is 1. The first-order chi connectivity index (χ1) is 13.6. The van der Waals surface area contributed by atoms with E-state index in [1.165, 1.54) is 24.3 Å². The molecule has 0 aliphatic carbocycles. The van der Waals surface area contributed by atoms with Gasteiger partial charge >= 0.3 is 12.1 Å². The van der Waals surface area contributed by atoms with Gasteiger partial charge in [0.15, 0.2) is 0 Å². The number of hydrogen-bond acceptors (Lipinski definition) is 4. The third-order valence-electron chi connectivity index (χ3n) is 4.43. The molecule has 5 nitrogen and oxygen atoms in total. The number of para-hydroxylation sites is 1. The van der Waals surface area contributed by atoms with E-state index in [0.717, 1.165) is 6.07 Å². The van der Waals surface area contributed by atoms with Crippen LogP contribution in [0, 0.1) is 0 Å². The smallest absolute Gasteiger partial charge is 0.419 e. The van der Waals surface area contributed by atoms with Crippen molar-refractivity contribution in [3.63, 3.8) is 0 Å². The van der Waals surface area contributed by atoms with E-state index in [4.69, 9.17) is 9.47 Å². The second kappa shape index (κ2) is 7.98. The van der Waals surface area contributed by atoms with Crippen LogP contribution in [0.2, 0.25) is 0 Å². The number of benzene rings is 2. The Balaban J connectivity index is 2.09. The van der Waals surface area contributed by atoms with E-state index in [0.29, 0.717) is 21.1 Å². The average Bonchev–Trinajstić information content (AvgIpc) is 2.91. The summed E-state index contributed by atoms with van der Waals surface area (Å²) in [5.41, 5.74) is 0.141. The van der Waals surface area contributed by atoms with Crippen LogP contribution in [0.4, 0.5) is 13.2 Å². The number of rotatable bonds is 5. The highest BCUT2D eigenvalue weighted by atomic mass is 79.9. The number of aryl methyl sites for hydroxylation is 1. The minimum Gasteiger partial charge on any atom is -0.507 e. The lowest BCUT2D eigenvalue weighted by molar-refractivity contribution is -0.139. The summed E-state index contributed by atoms with van der Waals surface area (Å²) in [6.07, 6.45) is -4.57. The molecule has 0 spiro atoms. The second-order valence-electron chi connectivity index (χ2n) is 6.20. The van der Waals surface area contributed by atoms with Crippen molar-refractivity contribution in [1.82, 2.24) is 4.57 Å². The molecule has 9 heteroatoms. The fourth-order valence-electron chi connectivity index (χ4n) is 3.07. The third kappa shape index (κ3) is 4.05. The largest absolute Gasteiger partial charge is 0.507 e. The Kier molecular flexibility index (Phi) is 5.79. The summed E-state index contributed by atoms with van der Waals surface area (Å²) in [5, 5.41) is 10.4. The van der Waals surface area contributed by atoms with Crippen LogP contribution >= 0.6 is 15.9 Å². The van der Waals surface area contributed by atoms with Gasteiger partial charge in [-0.1, -0.05) is 12.1 Å². The number of fused-ring (bicyclic) bond motifs is 1. The number of aromatic hydroxyl groups is 1. The second-order valence-corrected chi connectivity index (χ2v) is 7.06. The number of carbonyl (C=O) groups is 1. The van der Waals surface area contributed by atoms with Crippen molar-refractivity contribution in [1.29, 1.82) is 0 Å². The molecular weight excluding hydrogens is 455 g/mol. The highest BCUT2D eigenvalue weighted by molar-refractivity contribution is 9.10. The zero-order chi connectivity index (χ0) is 21.3. The van der Waals surface area contributed by atoms with E-state index < -0.39 is 17.7 Å². The highest BCUT2D eigenvalue weighted by Crippen LogP contribution is 2.38. The van der Waals surface area contributed by atoms with Crippen LogP contribution in [-0.4, -0.2) is 22.2 Å². The van der Waals surface area contributed by atoms with E-state index in [2.05, 4.69) is 15.9 Å². The minimum absolute atomic E-state index is 0.0801. The van der Waals surface area contributed by atoms with E-state index in [9.17, 15) is 23.1 Å². The third-order valence-corrected chi connectivity index (χ3v) is 5.06. The molecule has 1 N–H and O–H groups in total. The minimum atomic E-state index is -4.57. The molecule has 0 saturated carbocycles. The van der Waals surface area contributed by atoms with Gasteiger partial charge in [-0.15, -0.1) is 0 Å². The van der Waals surface area contributed by atoms with Crippen LogP contribution in [-0.2, 0) is 24.6 Å². The van der Waals surface area contributed by atoms with Crippen LogP contribution in [0.25, 0.3) is 10.9 Å². The molecule has 0 fully saturated rings. The molecule has 154 valence electrons. The van der Waals surface area contributed by atoms with Gasteiger partial charge in [0, 0.05) is 12.4 Å². The van der Waals surface area contributed by atoms with Gasteiger partial charge < -0.3 is 19.1 Å². The van der Waals surface area contributed by atoms with Crippen molar-refractivity contribution >= 4 is 32.8 Å². The fourth-order valence-corrected chi connectivity index (χ4v) is 3.40. The van der Waals surface area contributed by atoms with Crippen molar-refractivity contribution in [3.8, 4) is 11.5 Å². The number of phenolic OH excluding ortho intramolecular Hbond substituents is 1. The van der Waals surface area contributed by atoms with Gasteiger partial charge in [-0.3, -0.25) is 0 Å². The molecule has 29 heavy (non-hydrogen) atoms. The average molecular weight is 472 g/mol. The van der Waals surface area contributed by atoms with Gasteiger partial charge in [-0.05, 0) is 47.1 Å². The Bertz CT molecular complexity index is 1080. The standard InChI is InChI=1S/C20H17BrF3NO4/c1-3-28-19(27)18-11-8-16(26)13(21)9-14(11)25(2)15(18)10-29-17-7-5-4-6-12(17)20(22,23)24/h4-9,26H,3,10H2,1-2H3. The maximum absolute atomic E-state index is 13.2. The molecule has 3 aromatic rings. The van der Waals surface area contributed by atoms with E-state index in [-0.39, 0.29) is 30.3 Å². The molecule has 0 saturated heterocycles. The summed E-state index contributed by atoms with van der Waals surface area (Å²) in [7, 11) is 1.66. The summed E-state index contributed by atoms with van der Waals surface area (Å²) in [4.78, 5) is 12.6.